The molecule has 1 aliphatic heterocycles. The molecule has 0 bridgehead atoms. The number of fused-ring (bicyclic) bond motifs is 1. The van der Waals surface area contributed by atoms with E-state index in [1.54, 1.807) is 4.57 Å². The van der Waals surface area contributed by atoms with Crippen molar-refractivity contribution in [2.45, 2.75) is 71.6 Å². The van der Waals surface area contributed by atoms with Gasteiger partial charge >= 0.3 is 6.09 Å². The van der Waals surface area contributed by atoms with Crippen molar-refractivity contribution in [3.8, 4) is 5.75 Å². The fourth-order valence-electron chi connectivity index (χ4n) is 5.01. The lowest BCUT2D eigenvalue weighted by Crippen LogP contribution is -2.42. The Labute approximate surface area is 205 Å². The highest BCUT2D eigenvalue weighted by Crippen LogP contribution is 2.42. The molecule has 2 atom stereocenters. The van der Waals surface area contributed by atoms with Crippen molar-refractivity contribution in [2.75, 3.05) is 31.1 Å². The van der Waals surface area contributed by atoms with Crippen LogP contribution in [0.1, 0.15) is 58.6 Å². The van der Waals surface area contributed by atoms with Gasteiger partial charge in [-0.15, -0.1) is 0 Å². The van der Waals surface area contributed by atoms with Crippen molar-refractivity contribution in [1.29, 1.82) is 0 Å². The molecule has 1 amide bonds. The van der Waals surface area contributed by atoms with E-state index in [-0.39, 0.29) is 36.0 Å². The largest absolute Gasteiger partial charge is 0.491 e. The van der Waals surface area contributed by atoms with Gasteiger partial charge in [0.1, 0.15) is 23.8 Å². The first-order valence-corrected chi connectivity index (χ1v) is 12.5. The van der Waals surface area contributed by atoms with Crippen LogP contribution in [0.5, 0.6) is 5.75 Å². The van der Waals surface area contributed by atoms with Crippen LogP contribution in [-0.2, 0) is 4.74 Å². The van der Waals surface area contributed by atoms with Gasteiger partial charge in [-0.25, -0.2) is 9.18 Å². The number of nitrogens with two attached hydrogens (primary N) is 1. The maximum Gasteiger partial charge on any atom is 0.407 e. The molecule has 4 rings (SSSR count). The van der Waals surface area contributed by atoms with Crippen LogP contribution in [0.2, 0.25) is 0 Å². The summed E-state index contributed by atoms with van der Waals surface area (Å²) in [5, 5.41) is 3.52. The number of benzene rings is 1. The average molecular weight is 489 g/mol. The topological polar surface area (TPSA) is 98.8 Å². The SMILES string of the molecule is Cc1c(N2CC[C@@H]([C@H](C)NC(=O)OC(C)(C)C)C2)c(F)cc2c(OCCN)cc(=O)n(C3CC3)c12. The summed E-state index contributed by atoms with van der Waals surface area (Å²) < 4.78 is 28.5. The number of nitrogens with zero attached hydrogens (tertiary/aromatic N) is 2. The van der Waals surface area contributed by atoms with E-state index in [4.69, 9.17) is 15.2 Å². The van der Waals surface area contributed by atoms with Crippen molar-refractivity contribution >= 4 is 22.7 Å². The Kier molecular flexibility index (Phi) is 6.99. The molecule has 0 radical (unpaired) electrons. The van der Waals surface area contributed by atoms with Crippen LogP contribution >= 0.6 is 0 Å². The van der Waals surface area contributed by atoms with E-state index in [0.717, 1.165) is 30.3 Å². The zero-order valence-corrected chi connectivity index (χ0v) is 21.3. The molecule has 9 heteroatoms. The van der Waals surface area contributed by atoms with E-state index >= 15 is 4.39 Å². The Morgan fingerprint density at radius 3 is 2.63 bits per heavy atom. The average Bonchev–Trinajstić information content (AvgIpc) is 3.47. The Balaban J connectivity index is 1.64. The number of pyridine rings is 1. The number of hydrogen-bond donors (Lipinski definition) is 2. The monoisotopic (exact) mass is 488 g/mol. The number of alkyl carbamates (subject to hydrolysis) is 1. The maximum absolute atomic E-state index is 15.6. The quantitative estimate of drug-likeness (QED) is 0.614. The van der Waals surface area contributed by atoms with Gasteiger partial charge in [0.2, 0.25) is 0 Å². The second kappa shape index (κ2) is 9.68. The Hall–Kier alpha value is -2.81. The first-order chi connectivity index (χ1) is 16.5. The number of carbonyl (C=O) groups is 1. The summed E-state index contributed by atoms with van der Waals surface area (Å²) in [6.07, 6.45) is 2.23. The van der Waals surface area contributed by atoms with E-state index in [9.17, 15) is 9.59 Å². The van der Waals surface area contributed by atoms with Gasteiger partial charge < -0.3 is 30.0 Å². The highest BCUT2D eigenvalue weighted by atomic mass is 19.1. The molecule has 8 nitrogen and oxygen atoms in total. The van der Waals surface area contributed by atoms with E-state index in [1.165, 1.54) is 12.1 Å². The van der Waals surface area contributed by atoms with Crippen molar-refractivity contribution in [3.05, 3.63) is 33.9 Å². The molecule has 2 aromatic rings. The smallest absolute Gasteiger partial charge is 0.407 e. The number of carbonyl (C=O) groups excluding carboxylic acids is 1. The molecule has 2 aliphatic rings. The number of amides is 1. The highest BCUT2D eigenvalue weighted by molar-refractivity contribution is 5.92. The summed E-state index contributed by atoms with van der Waals surface area (Å²) in [5.74, 6) is 0.166. The van der Waals surface area contributed by atoms with Gasteiger partial charge in [-0.2, -0.15) is 0 Å². The van der Waals surface area contributed by atoms with Crippen LogP contribution < -0.4 is 26.2 Å². The molecule has 35 heavy (non-hydrogen) atoms. The molecule has 192 valence electrons. The molecular weight excluding hydrogens is 451 g/mol. The Morgan fingerprint density at radius 2 is 2.00 bits per heavy atom. The van der Waals surface area contributed by atoms with E-state index in [1.807, 2.05) is 39.5 Å². The van der Waals surface area contributed by atoms with Gasteiger partial charge in [-0.05, 0) is 71.4 Å². The zero-order valence-electron chi connectivity index (χ0n) is 21.3. The standard InChI is InChI=1S/C26H37FN4O4/c1-15-23-19(21(34-11-9-28)13-22(32)31(23)18-6-7-18)12-20(27)24(15)30-10-8-17(14-30)16(2)29-25(33)35-26(3,4)5/h12-13,16-18H,6-11,14,28H2,1-5H3,(H,29,33)/t16-,17+/m0/s1. The van der Waals surface area contributed by atoms with Crippen LogP contribution in [-0.4, -0.2) is 48.5 Å². The molecule has 2 fully saturated rings. The summed E-state index contributed by atoms with van der Waals surface area (Å²) in [5.41, 5.74) is 6.85. The number of nitrogens with one attached hydrogen (secondary N) is 1. The minimum absolute atomic E-state index is 0.125. The zero-order chi connectivity index (χ0) is 25.5. The summed E-state index contributed by atoms with van der Waals surface area (Å²) in [6, 6.07) is 2.94. The van der Waals surface area contributed by atoms with Crippen LogP contribution in [0.25, 0.3) is 10.9 Å². The lowest BCUT2D eigenvalue weighted by atomic mass is 10.0. The second-order valence-electron chi connectivity index (χ2n) is 10.7. The number of anilines is 1. The van der Waals surface area contributed by atoms with E-state index < -0.39 is 11.7 Å². The lowest BCUT2D eigenvalue weighted by Gasteiger charge is -2.27. The third-order valence-electron chi connectivity index (χ3n) is 6.74. The molecule has 1 aromatic carbocycles. The molecule has 1 aromatic heterocycles. The third kappa shape index (κ3) is 5.39. The molecule has 1 saturated heterocycles. The first kappa shape index (κ1) is 25.3. The van der Waals surface area contributed by atoms with Crippen LogP contribution in [0.3, 0.4) is 0 Å². The van der Waals surface area contributed by atoms with Gasteiger partial charge in [0.15, 0.2) is 0 Å². The van der Waals surface area contributed by atoms with E-state index in [0.29, 0.717) is 36.5 Å². The van der Waals surface area contributed by atoms with Crippen LogP contribution in [0.4, 0.5) is 14.9 Å². The molecule has 0 spiro atoms. The molecular formula is C26H37FN4O4. The summed E-state index contributed by atoms with van der Waals surface area (Å²) in [4.78, 5) is 27.2. The Bertz CT molecular complexity index is 1170. The molecule has 1 aliphatic carbocycles. The molecule has 0 unspecified atom stereocenters. The number of hydrogen-bond acceptors (Lipinski definition) is 6. The fraction of sp³-hybridized carbons (Fsp3) is 0.615. The first-order valence-electron chi connectivity index (χ1n) is 12.5. The fourth-order valence-corrected chi connectivity index (χ4v) is 5.01. The van der Waals surface area contributed by atoms with Crippen molar-refractivity contribution in [3.63, 3.8) is 0 Å². The second-order valence-corrected chi connectivity index (χ2v) is 10.7. The number of rotatable bonds is 7. The summed E-state index contributed by atoms with van der Waals surface area (Å²) in [6.45, 7) is 11.1. The predicted octanol–water partition coefficient (Wildman–Crippen LogP) is 3.86. The number of aromatic nitrogens is 1. The van der Waals surface area contributed by atoms with Crippen LogP contribution in [0.15, 0.2) is 16.9 Å². The van der Waals surface area contributed by atoms with Gasteiger partial charge in [0, 0.05) is 43.2 Å². The lowest BCUT2D eigenvalue weighted by molar-refractivity contribution is 0.0494. The minimum Gasteiger partial charge on any atom is -0.491 e. The number of ether oxygens (including phenoxy) is 2. The van der Waals surface area contributed by atoms with Crippen molar-refractivity contribution in [2.24, 2.45) is 11.7 Å². The summed E-state index contributed by atoms with van der Waals surface area (Å²) >= 11 is 0. The van der Waals surface area contributed by atoms with Gasteiger partial charge in [0.25, 0.3) is 5.56 Å². The number of halogens is 1. The Morgan fingerprint density at radius 1 is 1.29 bits per heavy atom. The molecule has 3 N–H and O–H groups in total. The van der Waals surface area contributed by atoms with E-state index in [2.05, 4.69) is 5.32 Å². The van der Waals surface area contributed by atoms with Crippen molar-refractivity contribution < 1.29 is 18.7 Å². The van der Waals surface area contributed by atoms with Crippen molar-refractivity contribution in [1.82, 2.24) is 9.88 Å². The van der Waals surface area contributed by atoms with Gasteiger partial charge in [-0.3, -0.25) is 4.79 Å². The number of aryl methyl sites for hydroxylation is 1. The van der Waals surface area contributed by atoms with Gasteiger partial charge in [-0.1, -0.05) is 0 Å². The molecule has 2 heterocycles. The predicted molar refractivity (Wildman–Crippen MR) is 135 cm³/mol. The third-order valence-corrected chi connectivity index (χ3v) is 6.74. The summed E-state index contributed by atoms with van der Waals surface area (Å²) in [7, 11) is 0. The minimum atomic E-state index is -0.569. The van der Waals surface area contributed by atoms with Gasteiger partial charge in [0.05, 0.1) is 11.2 Å². The normalized spacial score (nSPS) is 19.2. The van der Waals surface area contributed by atoms with Crippen LogP contribution in [0, 0.1) is 18.7 Å². The highest BCUT2D eigenvalue weighted by Gasteiger charge is 2.33. The molecule has 1 saturated carbocycles. The maximum atomic E-state index is 15.6.